The monoisotopic (exact) mass is 278 g/mol. The number of hydrogen-bond acceptors (Lipinski definition) is 2. The van der Waals surface area contributed by atoms with Crippen LogP contribution in [-0.2, 0) is 6.42 Å². The van der Waals surface area contributed by atoms with Crippen LogP contribution in [0.15, 0.2) is 42.6 Å². The number of nitrogens with one attached hydrogen (secondary N) is 1. The molecule has 0 saturated carbocycles. The van der Waals surface area contributed by atoms with Crippen LogP contribution in [0.1, 0.15) is 34.0 Å². The predicted octanol–water partition coefficient (Wildman–Crippen LogP) is 3.85. The molecule has 2 aromatic carbocycles. The van der Waals surface area contributed by atoms with Gasteiger partial charge in [0.15, 0.2) is 5.78 Å². The first kappa shape index (κ1) is 13.4. The molecule has 1 heterocycles. The van der Waals surface area contributed by atoms with Crippen molar-refractivity contribution in [2.75, 3.05) is 5.73 Å². The van der Waals surface area contributed by atoms with Crippen molar-refractivity contribution in [1.29, 1.82) is 0 Å². The van der Waals surface area contributed by atoms with Gasteiger partial charge in [0.05, 0.1) is 0 Å². The Labute approximate surface area is 123 Å². The van der Waals surface area contributed by atoms with Crippen LogP contribution >= 0.6 is 0 Å². The van der Waals surface area contributed by atoms with E-state index in [1.807, 2.05) is 31.2 Å². The molecule has 0 radical (unpaired) electrons. The van der Waals surface area contributed by atoms with Gasteiger partial charge in [0.2, 0.25) is 0 Å². The lowest BCUT2D eigenvalue weighted by Gasteiger charge is -2.07. The lowest BCUT2D eigenvalue weighted by molar-refractivity contribution is 0.104. The van der Waals surface area contributed by atoms with Crippen molar-refractivity contribution >= 4 is 22.4 Å². The average molecular weight is 278 g/mol. The van der Waals surface area contributed by atoms with Crippen LogP contribution in [0.5, 0.6) is 0 Å². The normalized spacial score (nSPS) is 11.0. The predicted molar refractivity (Wildman–Crippen MR) is 86.7 cm³/mol. The number of aromatic nitrogens is 1. The van der Waals surface area contributed by atoms with E-state index in [1.165, 1.54) is 5.56 Å². The highest BCUT2D eigenvalue weighted by atomic mass is 16.1. The second-order valence-electron chi connectivity index (χ2n) is 5.26. The number of hydrogen-bond donors (Lipinski definition) is 2. The fourth-order valence-corrected chi connectivity index (χ4v) is 2.72. The van der Waals surface area contributed by atoms with Crippen molar-refractivity contribution in [3.8, 4) is 0 Å². The number of H-pyrrole nitrogens is 1. The summed E-state index contributed by atoms with van der Waals surface area (Å²) in [5, 5.41) is 0.959. The fourth-order valence-electron chi connectivity index (χ4n) is 2.72. The summed E-state index contributed by atoms with van der Waals surface area (Å²) in [6.45, 7) is 4.02. The molecule has 0 spiro atoms. The first-order valence-electron chi connectivity index (χ1n) is 7.12. The Balaban J connectivity index is 2.17. The lowest BCUT2D eigenvalue weighted by atomic mass is 9.98. The number of nitrogens with two attached hydrogens (primary N) is 1. The molecule has 0 aliphatic rings. The fraction of sp³-hybridized carbons (Fsp3) is 0.167. The number of rotatable bonds is 3. The molecule has 0 amide bonds. The SMILES string of the molecule is CCc1cccc2c(C(=O)c3cccc(C)c3N)c[nH]c12. The maximum absolute atomic E-state index is 12.8. The van der Waals surface area contributed by atoms with Crippen LogP contribution in [0, 0.1) is 6.92 Å². The highest BCUT2D eigenvalue weighted by Gasteiger charge is 2.17. The smallest absolute Gasteiger partial charge is 0.197 e. The Morgan fingerprint density at radius 1 is 1.14 bits per heavy atom. The number of benzene rings is 2. The topological polar surface area (TPSA) is 58.9 Å². The van der Waals surface area contributed by atoms with E-state index in [9.17, 15) is 4.79 Å². The van der Waals surface area contributed by atoms with E-state index in [-0.39, 0.29) is 5.78 Å². The number of para-hydroxylation sites is 2. The molecule has 0 aliphatic carbocycles. The van der Waals surface area contributed by atoms with Gasteiger partial charge in [-0.05, 0) is 30.5 Å². The molecule has 0 unspecified atom stereocenters. The molecule has 1 aromatic heterocycles. The van der Waals surface area contributed by atoms with E-state index in [4.69, 9.17) is 5.73 Å². The van der Waals surface area contributed by atoms with Crippen LogP contribution in [-0.4, -0.2) is 10.8 Å². The highest BCUT2D eigenvalue weighted by Crippen LogP contribution is 2.27. The number of nitrogen functional groups attached to an aromatic ring is 1. The Morgan fingerprint density at radius 3 is 2.67 bits per heavy atom. The van der Waals surface area contributed by atoms with E-state index >= 15 is 0 Å². The van der Waals surface area contributed by atoms with Gasteiger partial charge in [0.25, 0.3) is 0 Å². The Hall–Kier alpha value is -2.55. The molecule has 3 nitrogen and oxygen atoms in total. The number of aryl methyl sites for hydroxylation is 2. The van der Waals surface area contributed by atoms with E-state index < -0.39 is 0 Å². The molecular formula is C18H18N2O. The van der Waals surface area contributed by atoms with Gasteiger partial charge in [-0.15, -0.1) is 0 Å². The minimum Gasteiger partial charge on any atom is -0.398 e. The molecule has 106 valence electrons. The molecule has 0 aliphatic heterocycles. The number of carbonyl (C=O) groups is 1. The third-order valence-corrected chi connectivity index (χ3v) is 4.00. The van der Waals surface area contributed by atoms with Gasteiger partial charge in [0.1, 0.15) is 0 Å². The molecule has 0 saturated heterocycles. The van der Waals surface area contributed by atoms with Gasteiger partial charge in [-0.2, -0.15) is 0 Å². The van der Waals surface area contributed by atoms with Gasteiger partial charge < -0.3 is 10.7 Å². The molecule has 0 atom stereocenters. The first-order valence-corrected chi connectivity index (χ1v) is 7.12. The zero-order valence-corrected chi connectivity index (χ0v) is 12.2. The Bertz CT molecular complexity index is 830. The van der Waals surface area contributed by atoms with Crippen molar-refractivity contribution in [3.05, 3.63) is 64.8 Å². The summed E-state index contributed by atoms with van der Waals surface area (Å²) in [7, 11) is 0. The summed E-state index contributed by atoms with van der Waals surface area (Å²) in [4.78, 5) is 16.0. The minimum atomic E-state index is -0.0318. The van der Waals surface area contributed by atoms with Crippen molar-refractivity contribution < 1.29 is 4.79 Å². The van der Waals surface area contributed by atoms with E-state index in [0.29, 0.717) is 16.8 Å². The molecule has 3 heteroatoms. The average Bonchev–Trinajstić information content (AvgIpc) is 2.93. The van der Waals surface area contributed by atoms with Crippen LogP contribution in [0.4, 0.5) is 5.69 Å². The maximum Gasteiger partial charge on any atom is 0.197 e. The third-order valence-electron chi connectivity index (χ3n) is 4.00. The Kier molecular flexibility index (Phi) is 3.26. The quantitative estimate of drug-likeness (QED) is 0.564. The van der Waals surface area contributed by atoms with E-state index in [1.54, 1.807) is 12.3 Å². The van der Waals surface area contributed by atoms with Crippen molar-refractivity contribution in [1.82, 2.24) is 4.98 Å². The lowest BCUT2D eigenvalue weighted by Crippen LogP contribution is -2.06. The van der Waals surface area contributed by atoms with Gasteiger partial charge >= 0.3 is 0 Å². The second kappa shape index (κ2) is 5.09. The number of anilines is 1. The van der Waals surface area contributed by atoms with Crippen LogP contribution in [0.25, 0.3) is 10.9 Å². The van der Waals surface area contributed by atoms with Crippen molar-refractivity contribution in [3.63, 3.8) is 0 Å². The third kappa shape index (κ3) is 2.11. The number of carbonyl (C=O) groups excluding carboxylic acids is 1. The molecule has 3 aromatic rings. The molecule has 0 bridgehead atoms. The first-order chi connectivity index (χ1) is 10.1. The second-order valence-corrected chi connectivity index (χ2v) is 5.26. The van der Waals surface area contributed by atoms with Gasteiger partial charge in [-0.1, -0.05) is 37.3 Å². The Morgan fingerprint density at radius 2 is 1.90 bits per heavy atom. The van der Waals surface area contributed by atoms with Crippen molar-refractivity contribution in [2.45, 2.75) is 20.3 Å². The zero-order valence-electron chi connectivity index (χ0n) is 12.2. The highest BCUT2D eigenvalue weighted by molar-refractivity contribution is 6.18. The molecule has 3 N–H and O–H groups in total. The maximum atomic E-state index is 12.8. The standard InChI is InChI=1S/C18H18N2O/c1-3-12-7-5-8-13-15(10-20-17(12)13)18(21)14-9-4-6-11(2)16(14)19/h4-10,20H,3,19H2,1-2H3. The van der Waals surface area contributed by atoms with Gasteiger partial charge in [0, 0.05) is 33.9 Å². The number of aromatic amines is 1. The largest absolute Gasteiger partial charge is 0.398 e. The molecular weight excluding hydrogens is 260 g/mol. The van der Waals surface area contributed by atoms with Gasteiger partial charge in [-0.25, -0.2) is 0 Å². The van der Waals surface area contributed by atoms with Crippen molar-refractivity contribution in [2.24, 2.45) is 0 Å². The molecule has 3 rings (SSSR count). The number of ketones is 1. The molecule has 0 fully saturated rings. The molecule has 21 heavy (non-hydrogen) atoms. The summed E-state index contributed by atoms with van der Waals surface area (Å²) in [6, 6.07) is 11.6. The number of fused-ring (bicyclic) bond motifs is 1. The van der Waals surface area contributed by atoms with Crippen LogP contribution in [0.3, 0.4) is 0 Å². The summed E-state index contributed by atoms with van der Waals surface area (Å²) >= 11 is 0. The van der Waals surface area contributed by atoms with Crippen LogP contribution < -0.4 is 5.73 Å². The summed E-state index contributed by atoms with van der Waals surface area (Å²) in [5.74, 6) is -0.0318. The summed E-state index contributed by atoms with van der Waals surface area (Å²) in [5.41, 5.74) is 11.0. The van der Waals surface area contributed by atoms with E-state index in [0.717, 1.165) is 22.9 Å². The summed E-state index contributed by atoms with van der Waals surface area (Å²) in [6.07, 6.45) is 2.71. The van der Waals surface area contributed by atoms with E-state index in [2.05, 4.69) is 18.0 Å². The zero-order chi connectivity index (χ0) is 15.0. The minimum absolute atomic E-state index is 0.0318. The van der Waals surface area contributed by atoms with Gasteiger partial charge in [-0.3, -0.25) is 4.79 Å². The summed E-state index contributed by atoms with van der Waals surface area (Å²) < 4.78 is 0. The van der Waals surface area contributed by atoms with Crippen LogP contribution in [0.2, 0.25) is 0 Å².